The molecule has 1 N–H and O–H groups in total. The van der Waals surface area contributed by atoms with E-state index in [9.17, 15) is 5.11 Å². The van der Waals surface area contributed by atoms with Crippen LogP contribution in [-0.2, 0) is 23.7 Å². The third-order valence-electron chi connectivity index (χ3n) is 7.57. The number of unbranched alkanes of at least 4 members (excludes halogenated alkanes) is 4. The molecule has 30 heavy (non-hydrogen) atoms. The van der Waals surface area contributed by atoms with Crippen LogP contribution in [0, 0.1) is 11.8 Å². The van der Waals surface area contributed by atoms with E-state index >= 15 is 0 Å². The minimum absolute atomic E-state index is 0.0819. The van der Waals surface area contributed by atoms with Crippen LogP contribution in [0.3, 0.4) is 0 Å². The van der Waals surface area contributed by atoms with Gasteiger partial charge in [0, 0.05) is 32.3 Å². The first-order valence-corrected chi connectivity index (χ1v) is 12.6. The largest absolute Gasteiger partial charge is 0.368 e. The summed E-state index contributed by atoms with van der Waals surface area (Å²) in [6.07, 6.45) is 13.5. The van der Waals surface area contributed by atoms with E-state index in [0.29, 0.717) is 31.5 Å². The SMILES string of the molecule is CCCCCCCC1(CCC2C(OC3CCCCO3)CC3OC(O)CC32)OCCO1. The van der Waals surface area contributed by atoms with Gasteiger partial charge in [0.15, 0.2) is 18.4 Å². The second-order valence-corrected chi connectivity index (χ2v) is 9.71. The molecule has 0 aromatic rings. The molecule has 4 aliphatic rings. The molecular formula is C24H42O6. The molecule has 3 saturated heterocycles. The van der Waals surface area contributed by atoms with Gasteiger partial charge in [-0.25, -0.2) is 0 Å². The zero-order valence-electron chi connectivity index (χ0n) is 18.8. The van der Waals surface area contributed by atoms with Crippen LogP contribution >= 0.6 is 0 Å². The second kappa shape index (κ2) is 11.1. The number of hydrogen-bond acceptors (Lipinski definition) is 6. The summed E-state index contributed by atoms with van der Waals surface area (Å²) in [7, 11) is 0. The van der Waals surface area contributed by atoms with Gasteiger partial charge in [-0.05, 0) is 43.9 Å². The molecule has 174 valence electrons. The van der Waals surface area contributed by atoms with Crippen molar-refractivity contribution >= 4 is 0 Å². The summed E-state index contributed by atoms with van der Waals surface area (Å²) in [5.41, 5.74) is 0. The zero-order valence-corrected chi connectivity index (χ0v) is 18.8. The van der Waals surface area contributed by atoms with Crippen molar-refractivity contribution in [3.05, 3.63) is 0 Å². The van der Waals surface area contributed by atoms with Crippen LogP contribution < -0.4 is 0 Å². The van der Waals surface area contributed by atoms with Crippen LogP contribution in [-0.4, -0.2) is 55.5 Å². The Balaban J connectivity index is 1.33. The zero-order chi connectivity index (χ0) is 20.8. The summed E-state index contributed by atoms with van der Waals surface area (Å²) in [6, 6.07) is 0. The molecule has 0 bridgehead atoms. The molecule has 3 aliphatic heterocycles. The van der Waals surface area contributed by atoms with Crippen LogP contribution in [0.1, 0.15) is 90.4 Å². The van der Waals surface area contributed by atoms with Gasteiger partial charge in [-0.2, -0.15) is 0 Å². The van der Waals surface area contributed by atoms with Crippen molar-refractivity contribution in [3.8, 4) is 0 Å². The van der Waals surface area contributed by atoms with E-state index in [-0.39, 0.29) is 18.5 Å². The van der Waals surface area contributed by atoms with E-state index in [4.69, 9.17) is 23.7 Å². The number of ether oxygens (including phenoxy) is 5. The fourth-order valence-electron chi connectivity index (χ4n) is 5.97. The molecule has 0 aromatic heterocycles. The van der Waals surface area contributed by atoms with Crippen molar-refractivity contribution in [1.29, 1.82) is 0 Å². The lowest BCUT2D eigenvalue weighted by atomic mass is 9.85. The van der Waals surface area contributed by atoms with E-state index in [1.165, 1.54) is 32.1 Å². The fourth-order valence-corrected chi connectivity index (χ4v) is 5.97. The first kappa shape index (κ1) is 22.9. The van der Waals surface area contributed by atoms with Crippen LogP contribution in [0.4, 0.5) is 0 Å². The summed E-state index contributed by atoms with van der Waals surface area (Å²) >= 11 is 0. The van der Waals surface area contributed by atoms with Crippen LogP contribution in [0.15, 0.2) is 0 Å². The molecule has 6 atom stereocenters. The first-order valence-electron chi connectivity index (χ1n) is 12.6. The van der Waals surface area contributed by atoms with Crippen molar-refractivity contribution in [2.24, 2.45) is 11.8 Å². The number of aliphatic hydroxyl groups is 1. The molecule has 3 heterocycles. The highest BCUT2D eigenvalue weighted by molar-refractivity contribution is 4.97. The highest BCUT2D eigenvalue weighted by atomic mass is 16.7. The quantitative estimate of drug-likeness (QED) is 0.490. The summed E-state index contributed by atoms with van der Waals surface area (Å²) in [6.45, 7) is 4.44. The number of fused-ring (bicyclic) bond motifs is 1. The monoisotopic (exact) mass is 426 g/mol. The summed E-state index contributed by atoms with van der Waals surface area (Å²) < 4.78 is 30.4. The molecule has 0 aromatic carbocycles. The lowest BCUT2D eigenvalue weighted by molar-refractivity contribution is -0.204. The summed E-state index contributed by atoms with van der Waals surface area (Å²) in [5.74, 6) is 0.299. The fraction of sp³-hybridized carbons (Fsp3) is 1.00. The van der Waals surface area contributed by atoms with Crippen LogP contribution in [0.5, 0.6) is 0 Å². The van der Waals surface area contributed by atoms with E-state index in [1.54, 1.807) is 0 Å². The molecular weight excluding hydrogens is 384 g/mol. The minimum Gasteiger partial charge on any atom is -0.368 e. The van der Waals surface area contributed by atoms with E-state index in [2.05, 4.69) is 6.92 Å². The molecule has 4 fully saturated rings. The summed E-state index contributed by atoms with van der Waals surface area (Å²) in [4.78, 5) is 0. The number of aliphatic hydroxyl groups excluding tert-OH is 1. The molecule has 0 spiro atoms. The maximum Gasteiger partial charge on any atom is 0.168 e. The van der Waals surface area contributed by atoms with Crippen molar-refractivity contribution < 1.29 is 28.8 Å². The van der Waals surface area contributed by atoms with Gasteiger partial charge >= 0.3 is 0 Å². The molecule has 1 aliphatic carbocycles. The van der Waals surface area contributed by atoms with Gasteiger partial charge < -0.3 is 28.8 Å². The topological polar surface area (TPSA) is 66.4 Å². The van der Waals surface area contributed by atoms with Crippen molar-refractivity contribution in [3.63, 3.8) is 0 Å². The third kappa shape index (κ3) is 5.76. The van der Waals surface area contributed by atoms with Gasteiger partial charge in [-0.15, -0.1) is 0 Å². The molecule has 1 saturated carbocycles. The number of rotatable bonds is 11. The molecule has 6 nitrogen and oxygen atoms in total. The van der Waals surface area contributed by atoms with E-state index < -0.39 is 12.1 Å². The predicted molar refractivity (Wildman–Crippen MR) is 113 cm³/mol. The maximum atomic E-state index is 10.0. The van der Waals surface area contributed by atoms with Gasteiger partial charge in [-0.3, -0.25) is 0 Å². The Morgan fingerprint density at radius 1 is 0.967 bits per heavy atom. The average Bonchev–Trinajstić information content (AvgIpc) is 3.43. The van der Waals surface area contributed by atoms with Crippen LogP contribution in [0.25, 0.3) is 0 Å². The van der Waals surface area contributed by atoms with Gasteiger partial charge in [0.25, 0.3) is 0 Å². The highest BCUT2D eigenvalue weighted by Gasteiger charge is 2.51. The Bertz CT molecular complexity index is 502. The standard InChI is InChI=1S/C24H42O6/c1-2-3-4-5-7-11-24(27-14-15-28-24)12-10-18-19-16-22(25)29-21(19)17-20(18)30-23-9-6-8-13-26-23/h18-23,25H,2-17H2,1H3. The molecule has 6 unspecified atom stereocenters. The Labute approximate surface area is 181 Å². The molecule has 0 amide bonds. The van der Waals surface area contributed by atoms with Crippen LogP contribution in [0.2, 0.25) is 0 Å². The molecule has 0 radical (unpaired) electrons. The van der Waals surface area contributed by atoms with Crippen molar-refractivity contribution in [1.82, 2.24) is 0 Å². The van der Waals surface area contributed by atoms with Gasteiger partial charge in [0.2, 0.25) is 0 Å². The maximum absolute atomic E-state index is 10.0. The highest BCUT2D eigenvalue weighted by Crippen LogP contribution is 2.48. The van der Waals surface area contributed by atoms with Gasteiger partial charge in [0.1, 0.15) is 0 Å². The normalized spacial score (nSPS) is 38.2. The molecule has 4 rings (SSSR count). The van der Waals surface area contributed by atoms with Gasteiger partial charge in [0.05, 0.1) is 25.4 Å². The Kier molecular flexibility index (Phi) is 8.46. The third-order valence-corrected chi connectivity index (χ3v) is 7.57. The first-order chi connectivity index (χ1) is 14.7. The minimum atomic E-state index is -0.624. The Morgan fingerprint density at radius 3 is 2.57 bits per heavy atom. The lowest BCUT2D eigenvalue weighted by Gasteiger charge is -2.33. The Hall–Kier alpha value is -0.240. The number of hydrogen-bond donors (Lipinski definition) is 1. The summed E-state index contributed by atoms with van der Waals surface area (Å²) in [5, 5.41) is 10.0. The van der Waals surface area contributed by atoms with Gasteiger partial charge in [-0.1, -0.05) is 32.6 Å². The smallest absolute Gasteiger partial charge is 0.168 e. The predicted octanol–water partition coefficient (Wildman–Crippen LogP) is 4.53. The Morgan fingerprint density at radius 2 is 1.80 bits per heavy atom. The lowest BCUT2D eigenvalue weighted by Crippen LogP contribution is -2.35. The van der Waals surface area contributed by atoms with Crippen molar-refractivity contribution in [2.45, 2.75) is 121 Å². The van der Waals surface area contributed by atoms with Crippen molar-refractivity contribution in [2.75, 3.05) is 19.8 Å². The average molecular weight is 427 g/mol. The van der Waals surface area contributed by atoms with E-state index in [1.807, 2.05) is 0 Å². The molecule has 6 heteroatoms. The second-order valence-electron chi connectivity index (χ2n) is 9.71. The van der Waals surface area contributed by atoms with E-state index in [0.717, 1.165) is 51.6 Å².